The van der Waals surface area contributed by atoms with Gasteiger partial charge < -0.3 is 15.0 Å². The third-order valence-electron chi connectivity index (χ3n) is 4.07. The number of aromatic nitrogens is 1. The maximum atomic E-state index is 13.6. The lowest BCUT2D eigenvalue weighted by Crippen LogP contribution is -2.30. The van der Waals surface area contributed by atoms with Crippen molar-refractivity contribution >= 4 is 28.3 Å². The zero-order valence-electron chi connectivity index (χ0n) is 14.7. The van der Waals surface area contributed by atoms with E-state index in [-0.39, 0.29) is 11.4 Å². The van der Waals surface area contributed by atoms with Crippen LogP contribution in [0.15, 0.2) is 53.3 Å². The molecule has 27 heavy (non-hydrogen) atoms. The van der Waals surface area contributed by atoms with Crippen LogP contribution in [-0.4, -0.2) is 23.0 Å². The fraction of sp³-hybridized carbons (Fsp3) is 0.150. The number of hydrogen-bond donors (Lipinski definition) is 2. The van der Waals surface area contributed by atoms with Crippen LogP contribution in [0.4, 0.5) is 10.1 Å². The predicted octanol–water partition coefficient (Wildman–Crippen LogP) is 3.16. The minimum Gasteiger partial charge on any atom is -0.448 e. The molecule has 0 radical (unpaired) electrons. The van der Waals surface area contributed by atoms with Gasteiger partial charge in [-0.1, -0.05) is 24.3 Å². The summed E-state index contributed by atoms with van der Waals surface area (Å²) in [7, 11) is 0. The number of anilines is 1. The first kappa shape index (κ1) is 18.3. The molecule has 0 saturated heterocycles. The van der Waals surface area contributed by atoms with Crippen LogP contribution in [0.5, 0.6) is 0 Å². The molecular weight excluding hydrogens is 351 g/mol. The molecule has 1 aromatic heterocycles. The van der Waals surface area contributed by atoms with Crippen molar-refractivity contribution < 1.29 is 18.7 Å². The van der Waals surface area contributed by atoms with Crippen LogP contribution >= 0.6 is 0 Å². The third kappa shape index (κ3) is 4.03. The Balaban J connectivity index is 1.72. The van der Waals surface area contributed by atoms with Crippen LogP contribution < -0.4 is 10.9 Å². The Bertz CT molecular complexity index is 1090. The molecule has 0 spiro atoms. The number of aryl methyl sites for hydroxylation is 1. The summed E-state index contributed by atoms with van der Waals surface area (Å²) >= 11 is 0. The van der Waals surface area contributed by atoms with E-state index < -0.39 is 29.4 Å². The molecule has 0 aliphatic carbocycles. The first-order valence-corrected chi connectivity index (χ1v) is 8.25. The number of aromatic amines is 1. The summed E-state index contributed by atoms with van der Waals surface area (Å²) in [6.45, 7) is 2.99. The van der Waals surface area contributed by atoms with Gasteiger partial charge in [0.05, 0.1) is 0 Å². The number of halogens is 1. The van der Waals surface area contributed by atoms with Gasteiger partial charge in [-0.2, -0.15) is 0 Å². The van der Waals surface area contributed by atoms with Crippen molar-refractivity contribution in [3.8, 4) is 0 Å². The third-order valence-corrected chi connectivity index (χ3v) is 4.07. The molecule has 138 valence electrons. The number of benzene rings is 2. The van der Waals surface area contributed by atoms with Crippen molar-refractivity contribution in [1.29, 1.82) is 0 Å². The van der Waals surface area contributed by atoms with E-state index >= 15 is 0 Å². The molecular formula is C20H17FN2O4. The summed E-state index contributed by atoms with van der Waals surface area (Å²) in [5, 5.41) is 3.51. The SMILES string of the molecule is Cc1ccc(NC(=O)[C@H](C)OC(=O)c2cc3ccccc3c(=O)[nH]2)cc1F. The molecule has 1 atom stereocenters. The first-order chi connectivity index (χ1) is 12.8. The molecule has 3 aromatic rings. The van der Waals surface area contributed by atoms with Gasteiger partial charge in [-0.3, -0.25) is 9.59 Å². The largest absolute Gasteiger partial charge is 0.448 e. The average Bonchev–Trinajstić information content (AvgIpc) is 2.64. The second kappa shape index (κ2) is 7.41. The maximum Gasteiger partial charge on any atom is 0.355 e. The average molecular weight is 368 g/mol. The minimum atomic E-state index is -1.14. The molecule has 0 aliphatic rings. The number of carbonyl (C=O) groups is 2. The number of nitrogens with one attached hydrogen (secondary N) is 2. The summed E-state index contributed by atoms with van der Waals surface area (Å²) in [5.41, 5.74) is 0.227. The smallest absolute Gasteiger partial charge is 0.355 e. The number of rotatable bonds is 4. The highest BCUT2D eigenvalue weighted by Gasteiger charge is 2.20. The standard InChI is InChI=1S/C20H17FN2O4/c1-11-7-8-14(10-16(11)21)22-18(24)12(2)27-20(26)17-9-13-5-3-4-6-15(13)19(25)23-17/h3-10,12H,1-2H3,(H,22,24)(H,23,25)/t12-/m0/s1. The van der Waals surface area contributed by atoms with Gasteiger partial charge in [0.25, 0.3) is 11.5 Å². The van der Waals surface area contributed by atoms with Gasteiger partial charge in [0, 0.05) is 11.1 Å². The molecule has 0 aliphatic heterocycles. The molecule has 2 N–H and O–H groups in total. The van der Waals surface area contributed by atoms with Crippen molar-refractivity contribution in [1.82, 2.24) is 4.98 Å². The molecule has 0 fully saturated rings. The monoisotopic (exact) mass is 368 g/mol. The van der Waals surface area contributed by atoms with E-state index in [9.17, 15) is 18.8 Å². The molecule has 6 nitrogen and oxygen atoms in total. The predicted molar refractivity (Wildman–Crippen MR) is 99.2 cm³/mol. The minimum absolute atomic E-state index is 0.0558. The molecule has 0 saturated carbocycles. The van der Waals surface area contributed by atoms with E-state index in [0.29, 0.717) is 16.3 Å². The Kier molecular flexibility index (Phi) is 5.03. The second-order valence-corrected chi connectivity index (χ2v) is 6.10. The number of carbonyl (C=O) groups excluding carboxylic acids is 2. The van der Waals surface area contributed by atoms with E-state index in [1.807, 2.05) is 0 Å². The summed E-state index contributed by atoms with van der Waals surface area (Å²) < 4.78 is 18.7. The summed E-state index contributed by atoms with van der Waals surface area (Å²) in [6.07, 6.45) is -1.14. The van der Waals surface area contributed by atoms with Crippen molar-refractivity contribution in [3.63, 3.8) is 0 Å². The Morgan fingerprint density at radius 1 is 1.15 bits per heavy atom. The van der Waals surface area contributed by atoms with Crippen LogP contribution in [0.25, 0.3) is 10.8 Å². The van der Waals surface area contributed by atoms with E-state index in [1.165, 1.54) is 25.1 Å². The van der Waals surface area contributed by atoms with Gasteiger partial charge in [-0.25, -0.2) is 9.18 Å². The molecule has 0 unspecified atom stereocenters. The maximum absolute atomic E-state index is 13.6. The van der Waals surface area contributed by atoms with Gasteiger partial charge in [-0.15, -0.1) is 0 Å². The number of esters is 1. The lowest BCUT2D eigenvalue weighted by atomic mass is 10.1. The normalized spacial score (nSPS) is 11.8. The highest BCUT2D eigenvalue weighted by Crippen LogP contribution is 2.15. The Labute approximate surface area is 154 Å². The topological polar surface area (TPSA) is 88.3 Å². The van der Waals surface area contributed by atoms with Crippen LogP contribution in [0.2, 0.25) is 0 Å². The van der Waals surface area contributed by atoms with Gasteiger partial charge >= 0.3 is 5.97 Å². The Morgan fingerprint density at radius 2 is 1.89 bits per heavy atom. The zero-order chi connectivity index (χ0) is 19.6. The number of H-pyrrole nitrogens is 1. The van der Waals surface area contributed by atoms with E-state index in [4.69, 9.17) is 4.74 Å². The molecule has 1 heterocycles. The molecule has 7 heteroatoms. The van der Waals surface area contributed by atoms with Crippen molar-refractivity contribution in [2.24, 2.45) is 0 Å². The van der Waals surface area contributed by atoms with Gasteiger partial charge in [-0.05, 0) is 49.1 Å². The summed E-state index contributed by atoms with van der Waals surface area (Å²) in [5.74, 6) is -1.91. The molecule has 3 rings (SSSR count). The van der Waals surface area contributed by atoms with Gasteiger partial charge in [0.15, 0.2) is 6.10 Å². The van der Waals surface area contributed by atoms with E-state index in [2.05, 4.69) is 10.3 Å². The summed E-state index contributed by atoms with van der Waals surface area (Å²) in [6, 6.07) is 12.5. The number of fused-ring (bicyclic) bond motifs is 1. The molecule has 0 bridgehead atoms. The summed E-state index contributed by atoms with van der Waals surface area (Å²) in [4.78, 5) is 38.9. The first-order valence-electron chi connectivity index (χ1n) is 8.25. The lowest BCUT2D eigenvalue weighted by Gasteiger charge is -2.14. The van der Waals surface area contributed by atoms with E-state index in [1.54, 1.807) is 37.3 Å². The van der Waals surface area contributed by atoms with Crippen LogP contribution in [-0.2, 0) is 9.53 Å². The number of hydrogen-bond acceptors (Lipinski definition) is 4. The van der Waals surface area contributed by atoms with Crippen molar-refractivity contribution in [2.45, 2.75) is 20.0 Å². The Morgan fingerprint density at radius 3 is 2.63 bits per heavy atom. The van der Waals surface area contributed by atoms with Crippen LogP contribution in [0.1, 0.15) is 23.0 Å². The van der Waals surface area contributed by atoms with Crippen molar-refractivity contribution in [3.05, 3.63) is 76.0 Å². The number of ether oxygens (including phenoxy) is 1. The van der Waals surface area contributed by atoms with Gasteiger partial charge in [0.2, 0.25) is 0 Å². The lowest BCUT2D eigenvalue weighted by molar-refractivity contribution is -0.123. The highest BCUT2D eigenvalue weighted by molar-refractivity contribution is 5.98. The van der Waals surface area contributed by atoms with Crippen LogP contribution in [0, 0.1) is 12.7 Å². The highest BCUT2D eigenvalue weighted by atomic mass is 19.1. The van der Waals surface area contributed by atoms with E-state index in [0.717, 1.165) is 0 Å². The number of amides is 1. The van der Waals surface area contributed by atoms with Crippen LogP contribution in [0.3, 0.4) is 0 Å². The molecule has 2 aromatic carbocycles. The quantitative estimate of drug-likeness (QED) is 0.693. The number of pyridine rings is 1. The Hall–Kier alpha value is -3.48. The fourth-order valence-corrected chi connectivity index (χ4v) is 2.51. The fourth-order valence-electron chi connectivity index (χ4n) is 2.51. The molecule has 1 amide bonds. The second-order valence-electron chi connectivity index (χ2n) is 6.10. The zero-order valence-corrected chi connectivity index (χ0v) is 14.7. The van der Waals surface area contributed by atoms with Gasteiger partial charge in [0.1, 0.15) is 11.5 Å². The van der Waals surface area contributed by atoms with Crippen molar-refractivity contribution in [2.75, 3.05) is 5.32 Å².